The van der Waals surface area contributed by atoms with Crippen LogP contribution in [0, 0.1) is 5.82 Å². The van der Waals surface area contributed by atoms with Crippen molar-refractivity contribution < 1.29 is 14.2 Å². The number of benzene rings is 2. The number of methoxy groups -OCH3 is 1. The average Bonchev–Trinajstić information content (AvgIpc) is 2.75. The standard InChI is InChI=1S/C24H32FN3O2/c1-26-14-15-27(17-23(26)19-6-8-22(30-2)9-7-19)18-24(29)10-12-28(13-11-24)21-5-3-4-20(25)16-21/h3-9,16,23,29H,10-15,17-18H2,1-2H3. The molecule has 5 nitrogen and oxygen atoms in total. The number of halogens is 1. The second-order valence-corrected chi connectivity index (χ2v) is 8.70. The van der Waals surface area contributed by atoms with E-state index in [1.54, 1.807) is 19.2 Å². The van der Waals surface area contributed by atoms with E-state index in [2.05, 4.69) is 33.9 Å². The molecule has 2 aromatic carbocycles. The smallest absolute Gasteiger partial charge is 0.125 e. The Bertz CT molecular complexity index is 837. The summed E-state index contributed by atoms with van der Waals surface area (Å²) in [6, 6.07) is 15.3. The van der Waals surface area contributed by atoms with Gasteiger partial charge < -0.3 is 14.7 Å². The van der Waals surface area contributed by atoms with Gasteiger partial charge >= 0.3 is 0 Å². The van der Waals surface area contributed by atoms with Gasteiger partial charge in [-0.25, -0.2) is 4.39 Å². The third-order valence-corrected chi connectivity index (χ3v) is 6.62. The lowest BCUT2D eigenvalue weighted by Crippen LogP contribution is -2.55. The lowest BCUT2D eigenvalue weighted by Gasteiger charge is -2.45. The first kappa shape index (κ1) is 21.1. The normalized spacial score (nSPS) is 22.8. The molecule has 2 fully saturated rings. The second kappa shape index (κ2) is 8.92. The number of hydrogen-bond donors (Lipinski definition) is 1. The molecular weight excluding hydrogens is 381 g/mol. The molecule has 0 spiro atoms. The number of piperidine rings is 1. The van der Waals surface area contributed by atoms with E-state index in [1.807, 2.05) is 18.2 Å². The number of hydrogen-bond acceptors (Lipinski definition) is 5. The maximum atomic E-state index is 13.5. The summed E-state index contributed by atoms with van der Waals surface area (Å²) in [5.41, 5.74) is 1.48. The molecule has 2 aliphatic heterocycles. The number of aliphatic hydroxyl groups is 1. The fraction of sp³-hybridized carbons (Fsp3) is 0.500. The topological polar surface area (TPSA) is 39.2 Å². The van der Waals surface area contributed by atoms with E-state index in [4.69, 9.17) is 4.74 Å². The second-order valence-electron chi connectivity index (χ2n) is 8.70. The first-order valence-corrected chi connectivity index (χ1v) is 10.8. The lowest BCUT2D eigenvalue weighted by molar-refractivity contribution is -0.0335. The molecule has 0 aliphatic carbocycles. The number of likely N-dealkylation sites (N-methyl/N-ethyl adjacent to an activating group) is 1. The molecular formula is C24H32FN3O2. The van der Waals surface area contributed by atoms with E-state index in [1.165, 1.54) is 11.6 Å². The molecule has 1 atom stereocenters. The molecule has 0 bridgehead atoms. The van der Waals surface area contributed by atoms with Crippen LogP contribution in [0.3, 0.4) is 0 Å². The minimum absolute atomic E-state index is 0.213. The van der Waals surface area contributed by atoms with Crippen molar-refractivity contribution in [2.75, 3.05) is 58.3 Å². The molecule has 1 unspecified atom stereocenters. The highest BCUT2D eigenvalue weighted by atomic mass is 19.1. The van der Waals surface area contributed by atoms with Crippen molar-refractivity contribution >= 4 is 5.69 Å². The van der Waals surface area contributed by atoms with E-state index >= 15 is 0 Å². The molecule has 1 N–H and O–H groups in total. The molecule has 0 amide bonds. The van der Waals surface area contributed by atoms with Crippen LogP contribution in [0.1, 0.15) is 24.4 Å². The van der Waals surface area contributed by atoms with Gasteiger partial charge in [-0.05, 0) is 55.8 Å². The van der Waals surface area contributed by atoms with Gasteiger partial charge in [-0.3, -0.25) is 9.80 Å². The van der Waals surface area contributed by atoms with E-state index in [0.717, 1.165) is 44.2 Å². The average molecular weight is 414 g/mol. The van der Waals surface area contributed by atoms with Crippen molar-refractivity contribution in [3.8, 4) is 5.75 Å². The zero-order valence-electron chi connectivity index (χ0n) is 17.9. The van der Waals surface area contributed by atoms with Crippen LogP contribution in [0.4, 0.5) is 10.1 Å². The Kier molecular flexibility index (Phi) is 6.27. The summed E-state index contributed by atoms with van der Waals surface area (Å²) in [7, 11) is 3.85. The minimum Gasteiger partial charge on any atom is -0.497 e. The van der Waals surface area contributed by atoms with Crippen molar-refractivity contribution in [3.05, 3.63) is 59.9 Å². The lowest BCUT2D eigenvalue weighted by atomic mass is 9.89. The SMILES string of the molecule is COc1ccc(C2CN(CC3(O)CCN(c4cccc(F)c4)CC3)CCN2C)cc1. The van der Waals surface area contributed by atoms with Crippen LogP contribution in [0.25, 0.3) is 0 Å². The summed E-state index contributed by atoms with van der Waals surface area (Å²) < 4.78 is 18.8. The maximum absolute atomic E-state index is 13.5. The summed E-state index contributed by atoms with van der Waals surface area (Å²) >= 11 is 0. The van der Waals surface area contributed by atoms with Crippen LogP contribution in [-0.2, 0) is 0 Å². The quantitative estimate of drug-likeness (QED) is 0.815. The Hall–Kier alpha value is -2.15. The highest BCUT2D eigenvalue weighted by Gasteiger charge is 2.36. The molecule has 2 aliphatic rings. The molecule has 0 aromatic heterocycles. The van der Waals surface area contributed by atoms with Gasteiger partial charge in [-0.15, -0.1) is 0 Å². The molecule has 0 saturated carbocycles. The van der Waals surface area contributed by atoms with Crippen molar-refractivity contribution in [2.45, 2.75) is 24.5 Å². The number of nitrogens with zero attached hydrogens (tertiary/aromatic N) is 3. The number of ether oxygens (including phenoxy) is 1. The highest BCUT2D eigenvalue weighted by molar-refractivity contribution is 5.47. The first-order valence-electron chi connectivity index (χ1n) is 10.8. The number of β-amino-alcohol motifs (C(OH)–C–C–N with tert-alkyl or cyclic N) is 1. The third kappa shape index (κ3) is 4.77. The van der Waals surface area contributed by atoms with Crippen LogP contribution in [-0.4, -0.2) is 73.9 Å². The van der Waals surface area contributed by atoms with E-state index in [-0.39, 0.29) is 5.82 Å². The maximum Gasteiger partial charge on any atom is 0.125 e. The van der Waals surface area contributed by atoms with Gasteiger partial charge in [-0.2, -0.15) is 0 Å². The predicted octanol–water partition coefficient (Wildman–Crippen LogP) is 3.15. The molecule has 6 heteroatoms. The van der Waals surface area contributed by atoms with E-state index < -0.39 is 5.60 Å². The van der Waals surface area contributed by atoms with Gasteiger partial charge in [-0.1, -0.05) is 18.2 Å². The Labute approximate surface area is 178 Å². The van der Waals surface area contributed by atoms with Gasteiger partial charge in [0, 0.05) is 51.0 Å². The predicted molar refractivity (Wildman–Crippen MR) is 118 cm³/mol. The molecule has 4 rings (SSSR count). The van der Waals surface area contributed by atoms with Gasteiger partial charge in [0.1, 0.15) is 11.6 Å². The van der Waals surface area contributed by atoms with Crippen LogP contribution in [0.2, 0.25) is 0 Å². The molecule has 30 heavy (non-hydrogen) atoms. The molecule has 2 heterocycles. The Morgan fingerprint density at radius 1 is 1.07 bits per heavy atom. The number of piperazine rings is 1. The van der Waals surface area contributed by atoms with Gasteiger partial charge in [0.2, 0.25) is 0 Å². The Balaban J connectivity index is 1.36. The van der Waals surface area contributed by atoms with Crippen LogP contribution in [0.15, 0.2) is 48.5 Å². The molecule has 2 saturated heterocycles. The molecule has 162 valence electrons. The summed E-state index contributed by atoms with van der Waals surface area (Å²) in [5, 5.41) is 11.3. The first-order chi connectivity index (χ1) is 14.5. The molecule has 2 aromatic rings. The fourth-order valence-corrected chi connectivity index (χ4v) is 4.69. The summed E-state index contributed by atoms with van der Waals surface area (Å²) in [6.07, 6.45) is 1.39. The largest absolute Gasteiger partial charge is 0.497 e. The van der Waals surface area contributed by atoms with Crippen LogP contribution < -0.4 is 9.64 Å². The van der Waals surface area contributed by atoms with Crippen molar-refractivity contribution in [1.82, 2.24) is 9.80 Å². The van der Waals surface area contributed by atoms with Gasteiger partial charge in [0.25, 0.3) is 0 Å². The number of anilines is 1. The Morgan fingerprint density at radius 3 is 2.47 bits per heavy atom. The summed E-state index contributed by atoms with van der Waals surface area (Å²) in [5.74, 6) is 0.656. The van der Waals surface area contributed by atoms with E-state index in [9.17, 15) is 9.50 Å². The van der Waals surface area contributed by atoms with E-state index in [0.29, 0.717) is 25.4 Å². The minimum atomic E-state index is -0.690. The van der Waals surface area contributed by atoms with Crippen molar-refractivity contribution in [1.29, 1.82) is 0 Å². The van der Waals surface area contributed by atoms with Gasteiger partial charge in [0.05, 0.1) is 12.7 Å². The summed E-state index contributed by atoms with van der Waals surface area (Å²) in [6.45, 7) is 5.01. The van der Waals surface area contributed by atoms with Gasteiger partial charge in [0.15, 0.2) is 0 Å². The Morgan fingerprint density at radius 2 is 1.80 bits per heavy atom. The fourth-order valence-electron chi connectivity index (χ4n) is 4.69. The summed E-state index contributed by atoms with van der Waals surface area (Å²) in [4.78, 5) is 6.95. The van der Waals surface area contributed by atoms with Crippen molar-refractivity contribution in [2.24, 2.45) is 0 Å². The molecule has 0 radical (unpaired) electrons. The van der Waals surface area contributed by atoms with Crippen LogP contribution in [0.5, 0.6) is 5.75 Å². The van der Waals surface area contributed by atoms with Crippen molar-refractivity contribution in [3.63, 3.8) is 0 Å². The number of rotatable bonds is 5. The monoisotopic (exact) mass is 413 g/mol. The zero-order chi connectivity index (χ0) is 21.1. The third-order valence-electron chi connectivity index (χ3n) is 6.62. The zero-order valence-corrected chi connectivity index (χ0v) is 17.9. The highest BCUT2D eigenvalue weighted by Crippen LogP contribution is 2.30. The van der Waals surface area contributed by atoms with Crippen LogP contribution >= 0.6 is 0 Å².